The van der Waals surface area contributed by atoms with Crippen molar-refractivity contribution in [2.45, 2.75) is 19.8 Å². The molecule has 0 saturated carbocycles. The largest absolute Gasteiger partial charge is 0.324 e. The fourth-order valence-corrected chi connectivity index (χ4v) is 1.85. The predicted molar refractivity (Wildman–Crippen MR) is 75.5 cm³/mol. The van der Waals surface area contributed by atoms with Gasteiger partial charge in [-0.05, 0) is 43.5 Å². The highest BCUT2D eigenvalue weighted by Crippen LogP contribution is 2.16. The normalized spacial score (nSPS) is 10.3. The van der Waals surface area contributed by atoms with Crippen molar-refractivity contribution in [3.63, 3.8) is 0 Å². The molecule has 1 aromatic carbocycles. The summed E-state index contributed by atoms with van der Waals surface area (Å²) in [5, 5.41) is 3.21. The van der Waals surface area contributed by atoms with E-state index in [1.165, 1.54) is 5.56 Å². The molecule has 2 aromatic rings. The molecule has 1 aromatic heterocycles. The standard InChI is InChI=1S/C14H16ClN3/c1-11-7-9-16-14(17-11)18-13-6-2-4-12(10-13)5-3-8-15/h2,4,6-7,9-10H,3,5,8H2,1H3,(H,16,17,18). The lowest BCUT2D eigenvalue weighted by atomic mass is 10.1. The van der Waals surface area contributed by atoms with Crippen LogP contribution in [0.5, 0.6) is 0 Å². The highest BCUT2D eigenvalue weighted by Gasteiger charge is 1.99. The first-order chi connectivity index (χ1) is 8.78. The molecule has 1 N–H and O–H groups in total. The lowest BCUT2D eigenvalue weighted by Gasteiger charge is -2.07. The summed E-state index contributed by atoms with van der Waals surface area (Å²) in [4.78, 5) is 8.50. The Morgan fingerprint density at radius 1 is 1.28 bits per heavy atom. The molecular formula is C14H16ClN3. The number of nitrogens with zero attached hydrogens (tertiary/aromatic N) is 2. The van der Waals surface area contributed by atoms with Crippen LogP contribution in [0.3, 0.4) is 0 Å². The Morgan fingerprint density at radius 3 is 2.94 bits per heavy atom. The second-order valence-electron chi connectivity index (χ2n) is 4.14. The van der Waals surface area contributed by atoms with Crippen molar-refractivity contribution in [1.82, 2.24) is 9.97 Å². The van der Waals surface area contributed by atoms with E-state index in [1.807, 2.05) is 25.1 Å². The van der Waals surface area contributed by atoms with Gasteiger partial charge in [0.25, 0.3) is 0 Å². The molecule has 94 valence electrons. The zero-order valence-electron chi connectivity index (χ0n) is 10.4. The summed E-state index contributed by atoms with van der Waals surface area (Å²) in [7, 11) is 0. The quantitative estimate of drug-likeness (QED) is 0.834. The zero-order chi connectivity index (χ0) is 12.8. The van der Waals surface area contributed by atoms with E-state index >= 15 is 0 Å². The third-order valence-corrected chi connectivity index (χ3v) is 2.84. The number of hydrogen-bond acceptors (Lipinski definition) is 3. The molecule has 0 atom stereocenters. The van der Waals surface area contributed by atoms with Gasteiger partial charge in [-0.3, -0.25) is 0 Å². The average molecular weight is 262 g/mol. The van der Waals surface area contributed by atoms with Crippen LogP contribution in [0.4, 0.5) is 11.6 Å². The molecule has 0 aliphatic rings. The van der Waals surface area contributed by atoms with E-state index in [-0.39, 0.29) is 0 Å². The summed E-state index contributed by atoms with van der Waals surface area (Å²) >= 11 is 5.70. The first-order valence-corrected chi connectivity index (χ1v) is 6.53. The van der Waals surface area contributed by atoms with Gasteiger partial charge in [-0.2, -0.15) is 0 Å². The summed E-state index contributed by atoms with van der Waals surface area (Å²) < 4.78 is 0. The number of anilines is 2. The molecule has 0 bridgehead atoms. The minimum Gasteiger partial charge on any atom is -0.324 e. The topological polar surface area (TPSA) is 37.8 Å². The van der Waals surface area contributed by atoms with Gasteiger partial charge < -0.3 is 5.32 Å². The number of alkyl halides is 1. The van der Waals surface area contributed by atoms with Crippen LogP contribution in [0.15, 0.2) is 36.5 Å². The summed E-state index contributed by atoms with van der Waals surface area (Å²) in [5.74, 6) is 1.32. The molecule has 4 heteroatoms. The maximum atomic E-state index is 5.70. The monoisotopic (exact) mass is 261 g/mol. The number of hydrogen-bond donors (Lipinski definition) is 1. The van der Waals surface area contributed by atoms with Crippen LogP contribution in [-0.4, -0.2) is 15.8 Å². The summed E-state index contributed by atoms with van der Waals surface area (Å²) in [6.45, 7) is 1.95. The Hall–Kier alpha value is -1.61. The SMILES string of the molecule is Cc1ccnc(Nc2cccc(CCCCl)c2)n1. The van der Waals surface area contributed by atoms with Crippen molar-refractivity contribution in [3.8, 4) is 0 Å². The van der Waals surface area contributed by atoms with E-state index in [4.69, 9.17) is 11.6 Å². The Bertz CT molecular complexity index is 514. The highest BCUT2D eigenvalue weighted by molar-refractivity contribution is 6.17. The molecule has 0 amide bonds. The third kappa shape index (κ3) is 3.70. The van der Waals surface area contributed by atoms with Gasteiger partial charge in [0.05, 0.1) is 0 Å². The van der Waals surface area contributed by atoms with Crippen LogP contribution in [0, 0.1) is 6.92 Å². The summed E-state index contributed by atoms with van der Waals surface area (Å²) in [6, 6.07) is 10.1. The maximum absolute atomic E-state index is 5.70. The van der Waals surface area contributed by atoms with E-state index in [0.29, 0.717) is 11.8 Å². The highest BCUT2D eigenvalue weighted by atomic mass is 35.5. The fourth-order valence-electron chi connectivity index (χ4n) is 1.71. The summed E-state index contributed by atoms with van der Waals surface area (Å²) in [6.07, 6.45) is 3.74. The van der Waals surface area contributed by atoms with Crippen molar-refractivity contribution < 1.29 is 0 Å². The van der Waals surface area contributed by atoms with Crippen molar-refractivity contribution in [1.29, 1.82) is 0 Å². The van der Waals surface area contributed by atoms with Gasteiger partial charge in [0.15, 0.2) is 0 Å². The van der Waals surface area contributed by atoms with Crippen LogP contribution in [0.1, 0.15) is 17.7 Å². The average Bonchev–Trinajstić information content (AvgIpc) is 2.37. The number of aryl methyl sites for hydroxylation is 2. The molecule has 0 radical (unpaired) electrons. The number of nitrogens with one attached hydrogen (secondary N) is 1. The fraction of sp³-hybridized carbons (Fsp3) is 0.286. The van der Waals surface area contributed by atoms with Crippen LogP contribution in [-0.2, 0) is 6.42 Å². The van der Waals surface area contributed by atoms with Gasteiger partial charge in [-0.1, -0.05) is 12.1 Å². The molecule has 0 aliphatic carbocycles. The second-order valence-corrected chi connectivity index (χ2v) is 4.52. The maximum Gasteiger partial charge on any atom is 0.227 e. The molecule has 0 spiro atoms. The van der Waals surface area contributed by atoms with Gasteiger partial charge in [0.1, 0.15) is 0 Å². The van der Waals surface area contributed by atoms with Gasteiger partial charge in [0, 0.05) is 23.5 Å². The Kier molecular flexibility index (Phi) is 4.53. The van der Waals surface area contributed by atoms with Crippen LogP contribution < -0.4 is 5.32 Å². The Labute approximate surface area is 112 Å². The smallest absolute Gasteiger partial charge is 0.227 e. The van der Waals surface area contributed by atoms with Crippen molar-refractivity contribution in [2.75, 3.05) is 11.2 Å². The lowest BCUT2D eigenvalue weighted by molar-refractivity contribution is 0.929. The van der Waals surface area contributed by atoms with Crippen molar-refractivity contribution in [3.05, 3.63) is 47.8 Å². The molecular weight excluding hydrogens is 246 g/mol. The van der Waals surface area contributed by atoms with Gasteiger partial charge >= 0.3 is 0 Å². The van der Waals surface area contributed by atoms with Gasteiger partial charge in [-0.25, -0.2) is 9.97 Å². The van der Waals surface area contributed by atoms with Crippen molar-refractivity contribution in [2.24, 2.45) is 0 Å². The number of benzene rings is 1. The third-order valence-electron chi connectivity index (χ3n) is 2.58. The molecule has 1 heterocycles. The van der Waals surface area contributed by atoms with E-state index in [0.717, 1.165) is 24.2 Å². The van der Waals surface area contributed by atoms with Crippen LogP contribution in [0.25, 0.3) is 0 Å². The number of rotatable bonds is 5. The minimum absolute atomic E-state index is 0.629. The molecule has 2 rings (SSSR count). The van der Waals surface area contributed by atoms with Crippen LogP contribution in [0.2, 0.25) is 0 Å². The van der Waals surface area contributed by atoms with E-state index in [9.17, 15) is 0 Å². The Morgan fingerprint density at radius 2 is 2.17 bits per heavy atom. The summed E-state index contributed by atoms with van der Waals surface area (Å²) in [5.41, 5.74) is 3.23. The van der Waals surface area contributed by atoms with Crippen molar-refractivity contribution >= 4 is 23.2 Å². The second kappa shape index (κ2) is 6.36. The first kappa shape index (κ1) is 12.8. The van der Waals surface area contributed by atoms with E-state index < -0.39 is 0 Å². The zero-order valence-corrected chi connectivity index (χ0v) is 11.1. The number of aromatic nitrogens is 2. The molecule has 0 saturated heterocycles. The molecule has 18 heavy (non-hydrogen) atoms. The number of halogens is 1. The van der Waals surface area contributed by atoms with Gasteiger partial charge in [-0.15, -0.1) is 11.6 Å². The molecule has 3 nitrogen and oxygen atoms in total. The van der Waals surface area contributed by atoms with E-state index in [2.05, 4.69) is 27.4 Å². The van der Waals surface area contributed by atoms with Crippen LogP contribution >= 0.6 is 11.6 Å². The first-order valence-electron chi connectivity index (χ1n) is 5.99. The van der Waals surface area contributed by atoms with E-state index in [1.54, 1.807) is 6.20 Å². The van der Waals surface area contributed by atoms with Gasteiger partial charge in [0.2, 0.25) is 5.95 Å². The molecule has 0 aliphatic heterocycles. The Balaban J connectivity index is 2.09. The lowest BCUT2D eigenvalue weighted by Crippen LogP contribution is -1.98. The predicted octanol–water partition coefficient (Wildman–Crippen LogP) is 3.70. The molecule has 0 unspecified atom stereocenters. The minimum atomic E-state index is 0.629. The molecule has 0 fully saturated rings.